The van der Waals surface area contributed by atoms with Crippen LogP contribution in [0.15, 0.2) is 24.3 Å². The first-order chi connectivity index (χ1) is 10.7. The Hall–Kier alpha value is -2.01. The van der Waals surface area contributed by atoms with Crippen LogP contribution in [0, 0.1) is 0 Å². The van der Waals surface area contributed by atoms with Gasteiger partial charge in [-0.05, 0) is 43.5 Å². The smallest absolute Gasteiger partial charge is 0.244 e. The second kappa shape index (κ2) is 10.7. The molecule has 1 rings (SSSR count). The summed E-state index contributed by atoms with van der Waals surface area (Å²) >= 11 is 0. The number of benzene rings is 1. The molecule has 3 N–H and O–H groups in total. The lowest BCUT2D eigenvalue weighted by Crippen LogP contribution is -2.23. The van der Waals surface area contributed by atoms with E-state index in [4.69, 9.17) is 15.2 Å². The first-order valence-corrected chi connectivity index (χ1v) is 7.73. The zero-order valence-corrected chi connectivity index (χ0v) is 13.4. The molecule has 0 aromatic heterocycles. The Kier molecular flexibility index (Phi) is 8.76. The number of ether oxygens (including phenoxy) is 2. The van der Waals surface area contributed by atoms with Gasteiger partial charge in [0.25, 0.3) is 0 Å². The van der Waals surface area contributed by atoms with Crippen molar-refractivity contribution in [3.8, 4) is 5.75 Å². The third-order valence-corrected chi connectivity index (χ3v) is 2.89. The molecule has 22 heavy (non-hydrogen) atoms. The fourth-order valence-electron chi connectivity index (χ4n) is 1.78. The molecule has 0 bridgehead atoms. The number of amides is 1. The number of nitrogen functional groups attached to an aromatic ring is 1. The molecule has 0 aliphatic rings. The number of rotatable bonds is 10. The molecule has 0 saturated heterocycles. The van der Waals surface area contributed by atoms with Crippen molar-refractivity contribution in [2.24, 2.45) is 0 Å². The molecule has 1 aromatic rings. The average Bonchev–Trinajstić information content (AvgIpc) is 2.52. The van der Waals surface area contributed by atoms with Crippen molar-refractivity contribution < 1.29 is 14.3 Å². The summed E-state index contributed by atoms with van der Waals surface area (Å²) in [5.41, 5.74) is 7.36. The lowest BCUT2D eigenvalue weighted by molar-refractivity contribution is -0.116. The highest BCUT2D eigenvalue weighted by molar-refractivity contribution is 5.91. The van der Waals surface area contributed by atoms with Gasteiger partial charge in [-0.3, -0.25) is 4.79 Å². The van der Waals surface area contributed by atoms with E-state index in [-0.39, 0.29) is 5.91 Å². The molecule has 0 atom stereocenters. The Morgan fingerprint density at radius 1 is 1.32 bits per heavy atom. The van der Waals surface area contributed by atoms with E-state index in [1.165, 1.54) is 6.08 Å². The summed E-state index contributed by atoms with van der Waals surface area (Å²) in [4.78, 5) is 11.6. The van der Waals surface area contributed by atoms with Crippen molar-refractivity contribution in [3.05, 3.63) is 29.8 Å². The molecular weight excluding hydrogens is 280 g/mol. The number of hydrogen-bond donors (Lipinski definition) is 2. The molecular formula is C17H26N2O3. The molecule has 0 heterocycles. The van der Waals surface area contributed by atoms with Crippen molar-refractivity contribution in [1.29, 1.82) is 0 Å². The van der Waals surface area contributed by atoms with Crippen LogP contribution < -0.4 is 15.8 Å². The summed E-state index contributed by atoms with van der Waals surface area (Å²) in [6, 6.07) is 5.49. The van der Waals surface area contributed by atoms with Gasteiger partial charge in [-0.15, -0.1) is 0 Å². The molecule has 0 fully saturated rings. The molecule has 122 valence electrons. The highest BCUT2D eigenvalue weighted by Crippen LogP contribution is 2.23. The number of anilines is 1. The summed E-state index contributed by atoms with van der Waals surface area (Å²) in [6.45, 7) is 6.61. The van der Waals surface area contributed by atoms with Crippen molar-refractivity contribution in [3.63, 3.8) is 0 Å². The van der Waals surface area contributed by atoms with Gasteiger partial charge in [0.15, 0.2) is 0 Å². The van der Waals surface area contributed by atoms with Gasteiger partial charge in [-0.1, -0.05) is 13.0 Å². The second-order valence-electron chi connectivity index (χ2n) is 4.82. The third kappa shape index (κ3) is 7.13. The van der Waals surface area contributed by atoms with Crippen molar-refractivity contribution >= 4 is 17.7 Å². The molecule has 0 unspecified atom stereocenters. The van der Waals surface area contributed by atoms with Crippen LogP contribution in [0.3, 0.4) is 0 Å². The normalized spacial score (nSPS) is 10.8. The van der Waals surface area contributed by atoms with E-state index in [1.54, 1.807) is 12.1 Å². The minimum Gasteiger partial charge on any atom is -0.491 e. The van der Waals surface area contributed by atoms with Gasteiger partial charge in [0.05, 0.1) is 12.3 Å². The van der Waals surface area contributed by atoms with Crippen molar-refractivity contribution in [2.45, 2.75) is 26.7 Å². The monoisotopic (exact) mass is 306 g/mol. The van der Waals surface area contributed by atoms with Crippen LogP contribution in [-0.2, 0) is 9.53 Å². The van der Waals surface area contributed by atoms with Crippen LogP contribution in [-0.4, -0.2) is 32.3 Å². The van der Waals surface area contributed by atoms with Crippen LogP contribution in [0.5, 0.6) is 5.75 Å². The topological polar surface area (TPSA) is 73.6 Å². The molecule has 0 spiro atoms. The van der Waals surface area contributed by atoms with Gasteiger partial charge in [-0.2, -0.15) is 0 Å². The summed E-state index contributed by atoms with van der Waals surface area (Å²) in [5.74, 6) is 0.556. The first kappa shape index (κ1) is 18.0. The average molecular weight is 306 g/mol. The highest BCUT2D eigenvalue weighted by atomic mass is 16.5. The summed E-state index contributed by atoms with van der Waals surface area (Å²) in [5, 5.41) is 2.80. The van der Waals surface area contributed by atoms with Gasteiger partial charge < -0.3 is 20.5 Å². The predicted molar refractivity (Wildman–Crippen MR) is 89.8 cm³/mol. The molecule has 0 saturated carbocycles. The molecule has 0 aliphatic carbocycles. The maximum Gasteiger partial charge on any atom is 0.244 e. The first-order valence-electron chi connectivity index (χ1n) is 7.73. The second-order valence-corrected chi connectivity index (χ2v) is 4.82. The van der Waals surface area contributed by atoms with Crippen LogP contribution in [0.1, 0.15) is 32.3 Å². The number of carbonyl (C=O) groups is 1. The maximum absolute atomic E-state index is 11.6. The summed E-state index contributed by atoms with van der Waals surface area (Å²) in [7, 11) is 0. The quantitative estimate of drug-likeness (QED) is 0.396. The predicted octanol–water partition coefficient (Wildman–Crippen LogP) is 2.61. The molecule has 0 aliphatic heterocycles. The largest absolute Gasteiger partial charge is 0.491 e. The van der Waals surface area contributed by atoms with E-state index < -0.39 is 0 Å². The van der Waals surface area contributed by atoms with Gasteiger partial charge in [0.1, 0.15) is 5.75 Å². The van der Waals surface area contributed by atoms with Gasteiger partial charge in [0.2, 0.25) is 5.91 Å². The van der Waals surface area contributed by atoms with Gasteiger partial charge >= 0.3 is 0 Å². The van der Waals surface area contributed by atoms with Gasteiger partial charge in [0, 0.05) is 25.8 Å². The Bertz CT molecular complexity index is 487. The van der Waals surface area contributed by atoms with E-state index in [0.717, 1.165) is 18.4 Å². The zero-order chi connectivity index (χ0) is 16.2. The Balaban J connectivity index is 2.41. The summed E-state index contributed by atoms with van der Waals surface area (Å²) in [6.07, 6.45) is 4.98. The van der Waals surface area contributed by atoms with E-state index in [1.807, 2.05) is 26.0 Å². The molecule has 5 nitrogen and oxygen atoms in total. The highest BCUT2D eigenvalue weighted by Gasteiger charge is 2.01. The molecule has 1 amide bonds. The third-order valence-electron chi connectivity index (χ3n) is 2.89. The molecule has 1 aromatic carbocycles. The number of nitrogens with two attached hydrogens (primary N) is 1. The zero-order valence-electron chi connectivity index (χ0n) is 13.4. The lowest BCUT2D eigenvalue weighted by atomic mass is 10.1. The van der Waals surface area contributed by atoms with Crippen LogP contribution in [0.4, 0.5) is 5.69 Å². The van der Waals surface area contributed by atoms with E-state index in [0.29, 0.717) is 37.8 Å². The lowest BCUT2D eigenvalue weighted by Gasteiger charge is -2.08. The van der Waals surface area contributed by atoms with Gasteiger partial charge in [-0.25, -0.2) is 0 Å². The Labute approximate surface area is 132 Å². The standard InChI is InChI=1S/C17H26N2O3/c1-3-11-22-16-8-6-14(13-15(16)18)7-9-17(20)19-10-5-12-21-4-2/h6-9,13H,3-5,10-12,18H2,1-2H3,(H,19,20)/b9-7-. The fourth-order valence-corrected chi connectivity index (χ4v) is 1.78. The Morgan fingerprint density at radius 3 is 2.82 bits per heavy atom. The van der Waals surface area contributed by atoms with E-state index in [9.17, 15) is 4.79 Å². The molecule has 0 radical (unpaired) electrons. The van der Waals surface area contributed by atoms with Crippen LogP contribution in [0.25, 0.3) is 6.08 Å². The van der Waals surface area contributed by atoms with E-state index in [2.05, 4.69) is 5.32 Å². The fraction of sp³-hybridized carbons (Fsp3) is 0.471. The minimum absolute atomic E-state index is 0.124. The minimum atomic E-state index is -0.124. The van der Waals surface area contributed by atoms with Crippen LogP contribution >= 0.6 is 0 Å². The Morgan fingerprint density at radius 2 is 2.14 bits per heavy atom. The maximum atomic E-state index is 11.6. The van der Waals surface area contributed by atoms with Crippen LogP contribution in [0.2, 0.25) is 0 Å². The summed E-state index contributed by atoms with van der Waals surface area (Å²) < 4.78 is 10.7. The number of nitrogens with one attached hydrogen (secondary N) is 1. The SMILES string of the molecule is CCCOc1ccc(/C=C\C(=O)NCCCOCC)cc1N. The number of carbonyl (C=O) groups excluding carboxylic acids is 1. The van der Waals surface area contributed by atoms with Crippen molar-refractivity contribution in [2.75, 3.05) is 32.1 Å². The van der Waals surface area contributed by atoms with Crippen molar-refractivity contribution in [1.82, 2.24) is 5.32 Å². The number of hydrogen-bond acceptors (Lipinski definition) is 4. The van der Waals surface area contributed by atoms with E-state index >= 15 is 0 Å². The molecule has 5 heteroatoms.